The van der Waals surface area contributed by atoms with Gasteiger partial charge < -0.3 is 10.1 Å². The number of aliphatic imine (C=N–C) groups is 1. The third-order valence-electron chi connectivity index (χ3n) is 3.17. The summed E-state index contributed by atoms with van der Waals surface area (Å²) in [5.41, 5.74) is 2.33. The van der Waals surface area contributed by atoms with Crippen LogP contribution in [0.2, 0.25) is 0 Å². The van der Waals surface area contributed by atoms with Gasteiger partial charge in [0.1, 0.15) is 6.04 Å². The van der Waals surface area contributed by atoms with Crippen molar-refractivity contribution in [1.82, 2.24) is 5.32 Å². The van der Waals surface area contributed by atoms with E-state index in [-0.39, 0.29) is 12.0 Å². The van der Waals surface area contributed by atoms with Crippen LogP contribution in [0.5, 0.6) is 0 Å². The van der Waals surface area contributed by atoms with E-state index in [1.54, 1.807) is 18.7 Å². The number of nitrogens with zero attached hydrogens (tertiary/aromatic N) is 1. The smallest absolute Gasteiger partial charge is 0.338 e. The van der Waals surface area contributed by atoms with Crippen LogP contribution in [-0.4, -0.2) is 23.5 Å². The van der Waals surface area contributed by atoms with Gasteiger partial charge in [0, 0.05) is 11.4 Å². The zero-order valence-electron chi connectivity index (χ0n) is 12.8. The second-order valence-electron chi connectivity index (χ2n) is 4.73. The number of amidine groups is 1. The van der Waals surface area contributed by atoms with Crippen molar-refractivity contribution in [2.75, 3.05) is 12.4 Å². The van der Waals surface area contributed by atoms with Crippen molar-refractivity contribution in [2.45, 2.75) is 19.9 Å². The minimum absolute atomic E-state index is 0.321. The van der Waals surface area contributed by atoms with Crippen LogP contribution in [0.4, 0.5) is 0 Å². The van der Waals surface area contributed by atoms with E-state index >= 15 is 0 Å². The third-order valence-corrected chi connectivity index (χ3v) is 4.05. The number of hydrogen-bond acceptors (Lipinski definition) is 5. The van der Waals surface area contributed by atoms with Gasteiger partial charge in [0.25, 0.3) is 0 Å². The van der Waals surface area contributed by atoms with E-state index in [1.807, 2.05) is 43.3 Å². The standard InChI is InChI=1S/C17H20N2O2S/c1-4-11-22-17-18-12(3)14(16(20)21-5-2)15(19-17)13-9-7-6-8-10-13/h4,6-10,15H,1,5,11H2,2-3H3,(H,18,19)/t15-/m1/s1. The van der Waals surface area contributed by atoms with E-state index in [0.29, 0.717) is 12.2 Å². The van der Waals surface area contributed by atoms with E-state index in [4.69, 9.17) is 4.74 Å². The van der Waals surface area contributed by atoms with E-state index in [0.717, 1.165) is 22.2 Å². The fourth-order valence-corrected chi connectivity index (χ4v) is 2.89. The summed E-state index contributed by atoms with van der Waals surface area (Å²) in [6, 6.07) is 9.45. The average molecular weight is 316 g/mol. The molecule has 0 aliphatic carbocycles. The minimum Gasteiger partial charge on any atom is -0.463 e. The maximum Gasteiger partial charge on any atom is 0.338 e. The Hall–Kier alpha value is -2.01. The van der Waals surface area contributed by atoms with Crippen LogP contribution in [0.25, 0.3) is 0 Å². The second kappa shape index (κ2) is 7.84. The summed E-state index contributed by atoms with van der Waals surface area (Å²) >= 11 is 1.56. The molecule has 0 radical (unpaired) electrons. The van der Waals surface area contributed by atoms with Gasteiger partial charge in [0.2, 0.25) is 0 Å². The lowest BCUT2D eigenvalue weighted by atomic mass is 9.97. The van der Waals surface area contributed by atoms with Crippen molar-refractivity contribution >= 4 is 22.9 Å². The molecule has 1 aliphatic heterocycles. The highest BCUT2D eigenvalue weighted by molar-refractivity contribution is 8.13. The van der Waals surface area contributed by atoms with Gasteiger partial charge in [-0.15, -0.1) is 6.58 Å². The van der Waals surface area contributed by atoms with Gasteiger partial charge in [0.15, 0.2) is 5.17 Å². The fraction of sp³-hybridized carbons (Fsp3) is 0.294. The number of benzene rings is 1. The highest BCUT2D eigenvalue weighted by atomic mass is 32.2. The number of thioether (sulfide) groups is 1. The van der Waals surface area contributed by atoms with Crippen LogP contribution in [0.3, 0.4) is 0 Å². The van der Waals surface area contributed by atoms with Crippen LogP contribution in [0, 0.1) is 0 Å². The normalized spacial score (nSPS) is 17.5. The predicted octanol–water partition coefficient (Wildman–Crippen LogP) is 3.44. The van der Waals surface area contributed by atoms with Crippen molar-refractivity contribution in [3.05, 3.63) is 59.8 Å². The first-order valence-electron chi connectivity index (χ1n) is 7.18. The summed E-state index contributed by atoms with van der Waals surface area (Å²) in [4.78, 5) is 17.0. The molecule has 2 rings (SSSR count). The Balaban J connectivity index is 2.38. The molecule has 116 valence electrons. The van der Waals surface area contributed by atoms with Crippen LogP contribution in [-0.2, 0) is 9.53 Å². The van der Waals surface area contributed by atoms with Crippen molar-refractivity contribution in [2.24, 2.45) is 4.99 Å². The number of carbonyl (C=O) groups is 1. The van der Waals surface area contributed by atoms with E-state index in [1.165, 1.54) is 0 Å². The molecule has 1 atom stereocenters. The topological polar surface area (TPSA) is 50.7 Å². The van der Waals surface area contributed by atoms with Gasteiger partial charge in [-0.05, 0) is 19.4 Å². The van der Waals surface area contributed by atoms with E-state index in [9.17, 15) is 4.79 Å². The lowest BCUT2D eigenvalue weighted by molar-refractivity contribution is -0.138. The minimum atomic E-state index is -0.339. The number of ether oxygens (including phenoxy) is 1. The Labute approximate surface area is 135 Å². The van der Waals surface area contributed by atoms with Crippen LogP contribution in [0.15, 0.2) is 59.2 Å². The summed E-state index contributed by atoms with van der Waals surface area (Å²) in [6.07, 6.45) is 1.83. The summed E-state index contributed by atoms with van der Waals surface area (Å²) in [6.45, 7) is 7.75. The van der Waals surface area contributed by atoms with Gasteiger partial charge in [-0.1, -0.05) is 48.2 Å². The van der Waals surface area contributed by atoms with E-state index in [2.05, 4.69) is 16.9 Å². The largest absolute Gasteiger partial charge is 0.463 e. The average Bonchev–Trinajstić information content (AvgIpc) is 2.53. The summed E-state index contributed by atoms with van der Waals surface area (Å²) in [5, 5.41) is 3.98. The third kappa shape index (κ3) is 3.80. The number of allylic oxidation sites excluding steroid dienone is 1. The molecule has 0 saturated heterocycles. The van der Waals surface area contributed by atoms with Crippen molar-refractivity contribution < 1.29 is 9.53 Å². The van der Waals surface area contributed by atoms with Gasteiger partial charge in [-0.2, -0.15) is 0 Å². The fourth-order valence-electron chi connectivity index (χ4n) is 2.21. The molecule has 1 aromatic carbocycles. The zero-order chi connectivity index (χ0) is 15.9. The molecule has 4 nitrogen and oxygen atoms in total. The molecule has 1 heterocycles. The SMILES string of the molecule is C=CCSC1=N[C@H](c2ccccc2)C(C(=O)OCC)=C(C)N1. The Morgan fingerprint density at radius 2 is 2.18 bits per heavy atom. The van der Waals surface area contributed by atoms with Gasteiger partial charge >= 0.3 is 5.97 Å². The highest BCUT2D eigenvalue weighted by Gasteiger charge is 2.30. The summed E-state index contributed by atoms with van der Waals surface area (Å²) in [5.74, 6) is 0.438. The summed E-state index contributed by atoms with van der Waals surface area (Å²) in [7, 11) is 0. The molecule has 1 aliphatic rings. The first kappa shape index (κ1) is 16.4. The van der Waals surface area contributed by atoms with Crippen molar-refractivity contribution in [1.29, 1.82) is 0 Å². The Kier molecular flexibility index (Phi) is 5.83. The molecule has 0 fully saturated rings. The van der Waals surface area contributed by atoms with Gasteiger partial charge in [-0.3, -0.25) is 0 Å². The second-order valence-corrected chi connectivity index (χ2v) is 5.74. The number of esters is 1. The highest BCUT2D eigenvalue weighted by Crippen LogP contribution is 2.32. The predicted molar refractivity (Wildman–Crippen MR) is 91.7 cm³/mol. The van der Waals surface area contributed by atoms with Gasteiger partial charge in [0.05, 0.1) is 12.2 Å². The molecule has 0 aromatic heterocycles. The number of hydrogen-bond donors (Lipinski definition) is 1. The molecule has 0 unspecified atom stereocenters. The maximum atomic E-state index is 12.3. The van der Waals surface area contributed by atoms with Crippen molar-refractivity contribution in [3.63, 3.8) is 0 Å². The van der Waals surface area contributed by atoms with Gasteiger partial charge in [-0.25, -0.2) is 9.79 Å². The van der Waals surface area contributed by atoms with Crippen LogP contribution in [0.1, 0.15) is 25.5 Å². The van der Waals surface area contributed by atoms with Crippen LogP contribution >= 0.6 is 11.8 Å². The Morgan fingerprint density at radius 3 is 2.82 bits per heavy atom. The lowest BCUT2D eigenvalue weighted by Gasteiger charge is -2.25. The maximum absolute atomic E-state index is 12.3. The Bertz CT molecular complexity index is 608. The lowest BCUT2D eigenvalue weighted by Crippen LogP contribution is -2.30. The number of nitrogens with one attached hydrogen (secondary N) is 1. The number of rotatable bonds is 5. The van der Waals surface area contributed by atoms with Crippen LogP contribution < -0.4 is 5.32 Å². The molecule has 0 amide bonds. The number of carbonyl (C=O) groups excluding carboxylic acids is 1. The first-order chi connectivity index (χ1) is 10.7. The monoisotopic (exact) mass is 316 g/mol. The molecule has 1 N–H and O–H groups in total. The molecule has 0 bridgehead atoms. The van der Waals surface area contributed by atoms with Crippen molar-refractivity contribution in [3.8, 4) is 0 Å². The Morgan fingerprint density at radius 1 is 1.45 bits per heavy atom. The zero-order valence-corrected chi connectivity index (χ0v) is 13.7. The molecule has 5 heteroatoms. The quantitative estimate of drug-likeness (QED) is 0.668. The molecular formula is C17H20N2O2S. The molecule has 0 spiro atoms. The molecule has 1 aromatic rings. The summed E-state index contributed by atoms with van der Waals surface area (Å²) < 4.78 is 5.19. The molecular weight excluding hydrogens is 296 g/mol. The molecule has 0 saturated carbocycles. The first-order valence-corrected chi connectivity index (χ1v) is 8.17. The van der Waals surface area contributed by atoms with E-state index < -0.39 is 0 Å². The molecule has 22 heavy (non-hydrogen) atoms.